The Kier molecular flexibility index (Phi) is 4.66. The summed E-state index contributed by atoms with van der Waals surface area (Å²) in [6.45, 7) is 0. The van der Waals surface area contributed by atoms with Gasteiger partial charge in [0, 0.05) is 34.0 Å². The van der Waals surface area contributed by atoms with Gasteiger partial charge in [0.25, 0.3) is 5.56 Å². The lowest BCUT2D eigenvalue weighted by atomic mass is 10.0. The molecule has 9 heteroatoms. The van der Waals surface area contributed by atoms with Gasteiger partial charge in [-0.2, -0.15) is 4.68 Å². The van der Waals surface area contributed by atoms with E-state index in [1.807, 2.05) is 48.5 Å². The van der Waals surface area contributed by atoms with E-state index < -0.39 is 0 Å². The van der Waals surface area contributed by atoms with Gasteiger partial charge in [-0.25, -0.2) is 0 Å². The maximum Gasteiger partial charge on any atom is 0.252 e. The molecule has 1 unspecified atom stereocenters. The van der Waals surface area contributed by atoms with Crippen LogP contribution in [0.2, 0.25) is 5.02 Å². The van der Waals surface area contributed by atoms with Crippen molar-refractivity contribution in [2.24, 2.45) is 0 Å². The molecule has 0 aliphatic carbocycles. The van der Waals surface area contributed by atoms with Crippen molar-refractivity contribution in [3.8, 4) is 28.1 Å². The summed E-state index contributed by atoms with van der Waals surface area (Å²) < 4.78 is 8.99. The van der Waals surface area contributed by atoms with Gasteiger partial charge >= 0.3 is 0 Å². The van der Waals surface area contributed by atoms with Crippen LogP contribution >= 0.6 is 11.6 Å². The highest BCUT2D eigenvalue weighted by Gasteiger charge is 2.29. The smallest absolute Gasteiger partial charge is 0.252 e. The summed E-state index contributed by atoms with van der Waals surface area (Å²) in [6, 6.07) is 21.3. The number of aryl methyl sites for hydroxylation is 1. The van der Waals surface area contributed by atoms with Crippen molar-refractivity contribution in [2.45, 2.75) is 18.9 Å². The molecule has 0 bridgehead atoms. The van der Waals surface area contributed by atoms with Crippen LogP contribution in [0.3, 0.4) is 0 Å². The highest BCUT2D eigenvalue weighted by molar-refractivity contribution is 6.31. The van der Waals surface area contributed by atoms with E-state index in [9.17, 15) is 4.79 Å². The normalized spacial score (nSPS) is 15.0. The second-order valence-electron chi connectivity index (χ2n) is 7.82. The van der Waals surface area contributed by atoms with Crippen LogP contribution < -0.4 is 5.56 Å². The van der Waals surface area contributed by atoms with Gasteiger partial charge in [0.2, 0.25) is 0 Å². The summed E-state index contributed by atoms with van der Waals surface area (Å²) in [5.41, 5.74) is 4.78. The van der Waals surface area contributed by atoms with Crippen molar-refractivity contribution in [1.29, 1.82) is 0 Å². The number of nitrogens with zero attached hydrogens (tertiary/aromatic N) is 6. The summed E-state index contributed by atoms with van der Waals surface area (Å²) in [5.74, 6) is 0.670. The van der Waals surface area contributed by atoms with Gasteiger partial charge < -0.3 is 9.09 Å². The molecule has 2 aromatic carbocycles. The Morgan fingerprint density at radius 3 is 2.76 bits per heavy atom. The number of hydrogen-bond donors (Lipinski definition) is 0. The SMILES string of the molecule is O=c1cc(-c2cc(Cl)ccc2-n2cnnn2)cc2n1C(c1cc(-c3cc[c]cc3)no1)CC2. The molecule has 5 aromatic rings. The largest absolute Gasteiger partial charge is 0.359 e. The molecular weight excluding hydrogens is 440 g/mol. The fourth-order valence-electron chi connectivity index (χ4n) is 4.37. The fourth-order valence-corrected chi connectivity index (χ4v) is 4.54. The molecule has 0 amide bonds. The Morgan fingerprint density at radius 2 is 1.94 bits per heavy atom. The van der Waals surface area contributed by atoms with E-state index in [-0.39, 0.29) is 11.6 Å². The van der Waals surface area contributed by atoms with Crippen molar-refractivity contribution in [3.63, 3.8) is 0 Å². The van der Waals surface area contributed by atoms with Crippen molar-refractivity contribution >= 4 is 11.6 Å². The Labute approximate surface area is 193 Å². The van der Waals surface area contributed by atoms with Gasteiger partial charge in [-0.1, -0.05) is 41.0 Å². The second-order valence-corrected chi connectivity index (χ2v) is 8.25. The molecular formula is C24H16ClN6O2. The molecule has 161 valence electrons. The molecule has 1 aliphatic rings. The van der Waals surface area contributed by atoms with Gasteiger partial charge in [0.05, 0.1) is 11.7 Å². The van der Waals surface area contributed by atoms with Crippen LogP contribution in [-0.4, -0.2) is 29.9 Å². The zero-order chi connectivity index (χ0) is 22.4. The van der Waals surface area contributed by atoms with Crippen LogP contribution in [0, 0.1) is 6.07 Å². The van der Waals surface area contributed by atoms with E-state index >= 15 is 0 Å². The van der Waals surface area contributed by atoms with Gasteiger partial charge in [-0.05, 0) is 59.2 Å². The number of fused-ring (bicyclic) bond motifs is 1. The van der Waals surface area contributed by atoms with Crippen LogP contribution in [0.5, 0.6) is 0 Å². The zero-order valence-electron chi connectivity index (χ0n) is 17.2. The third kappa shape index (κ3) is 3.44. The molecule has 0 saturated carbocycles. The third-order valence-electron chi connectivity index (χ3n) is 5.87. The number of hydrogen-bond acceptors (Lipinski definition) is 6. The lowest BCUT2D eigenvalue weighted by Gasteiger charge is -2.14. The summed E-state index contributed by atoms with van der Waals surface area (Å²) in [7, 11) is 0. The molecule has 8 nitrogen and oxygen atoms in total. The Hall–Kier alpha value is -4.04. The number of rotatable bonds is 4. The van der Waals surface area contributed by atoms with Crippen LogP contribution in [0.4, 0.5) is 0 Å². The van der Waals surface area contributed by atoms with Crippen LogP contribution in [0.25, 0.3) is 28.1 Å². The maximum atomic E-state index is 13.3. The number of tetrazole rings is 1. The zero-order valence-corrected chi connectivity index (χ0v) is 18.0. The predicted molar refractivity (Wildman–Crippen MR) is 121 cm³/mol. The Morgan fingerprint density at radius 1 is 1.06 bits per heavy atom. The van der Waals surface area contributed by atoms with Gasteiger partial charge in [-0.3, -0.25) is 4.79 Å². The van der Waals surface area contributed by atoms with E-state index in [2.05, 4.69) is 26.7 Å². The van der Waals surface area contributed by atoms with Crippen molar-refractivity contribution in [3.05, 3.63) is 99.9 Å². The highest BCUT2D eigenvalue weighted by Crippen LogP contribution is 2.35. The summed E-state index contributed by atoms with van der Waals surface area (Å²) in [6.07, 6.45) is 3.01. The number of benzene rings is 2. The molecule has 0 saturated heterocycles. The Bertz CT molecular complexity index is 1510. The van der Waals surface area contributed by atoms with Crippen LogP contribution in [-0.2, 0) is 6.42 Å². The van der Waals surface area contributed by atoms with Gasteiger partial charge in [0.1, 0.15) is 12.0 Å². The maximum absolute atomic E-state index is 13.3. The molecule has 1 aliphatic heterocycles. The predicted octanol–water partition coefficient (Wildman–Crippen LogP) is 4.14. The molecule has 33 heavy (non-hydrogen) atoms. The Balaban J connectivity index is 1.40. The third-order valence-corrected chi connectivity index (χ3v) is 6.10. The van der Waals surface area contributed by atoms with Gasteiger partial charge in [-0.15, -0.1) is 5.10 Å². The van der Waals surface area contributed by atoms with Gasteiger partial charge in [0.15, 0.2) is 5.76 Å². The van der Waals surface area contributed by atoms with Crippen LogP contribution in [0.15, 0.2) is 76.3 Å². The summed E-state index contributed by atoms with van der Waals surface area (Å²) in [5, 5.41) is 16.2. The molecule has 0 spiro atoms. The second kappa shape index (κ2) is 7.83. The average molecular weight is 456 g/mol. The molecule has 0 fully saturated rings. The van der Waals surface area contributed by atoms with Crippen molar-refractivity contribution in [1.82, 2.24) is 29.9 Å². The minimum Gasteiger partial charge on any atom is -0.359 e. The summed E-state index contributed by atoms with van der Waals surface area (Å²) >= 11 is 6.28. The minimum atomic E-state index is -0.198. The summed E-state index contributed by atoms with van der Waals surface area (Å²) in [4.78, 5) is 13.3. The number of aromatic nitrogens is 6. The van der Waals surface area contributed by atoms with Crippen LogP contribution in [0.1, 0.15) is 23.9 Å². The van der Waals surface area contributed by atoms with Crippen molar-refractivity contribution in [2.75, 3.05) is 0 Å². The molecule has 4 heterocycles. The first-order valence-corrected chi connectivity index (χ1v) is 10.8. The molecule has 0 N–H and O–H groups in total. The van der Waals surface area contributed by atoms with E-state index in [1.165, 1.54) is 6.33 Å². The monoisotopic (exact) mass is 455 g/mol. The van der Waals surface area contributed by atoms with E-state index in [4.69, 9.17) is 16.1 Å². The standard InChI is InChI=1S/C24H16ClN6O2/c25-17-6-8-21(30-14-26-28-29-30)19(12-17)16-10-18-7-9-22(31(18)24(32)11-16)23-13-20(27-33-23)15-4-2-1-3-5-15/h2-6,8,10-14,22H,7,9H2. The quantitative estimate of drug-likeness (QED) is 0.404. The average Bonchev–Trinajstić information content (AvgIpc) is 3.60. The van der Waals surface area contributed by atoms with E-state index in [0.29, 0.717) is 10.8 Å². The topological polar surface area (TPSA) is 91.6 Å². The first-order chi connectivity index (χ1) is 16.2. The van der Waals surface area contributed by atoms with E-state index in [1.54, 1.807) is 21.4 Å². The molecule has 3 aromatic heterocycles. The highest BCUT2D eigenvalue weighted by atomic mass is 35.5. The lowest BCUT2D eigenvalue weighted by Crippen LogP contribution is -2.23. The molecule has 1 atom stereocenters. The minimum absolute atomic E-state index is 0.111. The van der Waals surface area contributed by atoms with E-state index in [0.717, 1.165) is 46.6 Å². The number of pyridine rings is 1. The van der Waals surface area contributed by atoms with Crippen molar-refractivity contribution < 1.29 is 4.52 Å². The first-order valence-electron chi connectivity index (χ1n) is 10.4. The molecule has 6 rings (SSSR count). The lowest BCUT2D eigenvalue weighted by molar-refractivity contribution is 0.347. The fraction of sp³-hybridized carbons (Fsp3) is 0.125. The molecule has 1 radical (unpaired) electrons. The first kappa shape index (κ1) is 19.6. The number of halogens is 1.